The fourth-order valence-electron chi connectivity index (χ4n) is 3.78. The van der Waals surface area contributed by atoms with E-state index in [-0.39, 0.29) is 24.3 Å². The van der Waals surface area contributed by atoms with Crippen LogP contribution in [0.25, 0.3) is 0 Å². The molecule has 3 amide bonds. The molecule has 3 rings (SSSR count). The number of amides is 3. The molecule has 0 aliphatic carbocycles. The molecule has 2 fully saturated rings. The predicted molar refractivity (Wildman–Crippen MR) is 123 cm³/mol. The number of carbonyl (C=O) groups excluding carboxylic acids is 3. The van der Waals surface area contributed by atoms with Gasteiger partial charge in [-0.1, -0.05) is 26.0 Å². The Morgan fingerprint density at radius 2 is 1.59 bits per heavy atom. The molecular weight excluding hydrogens is 410 g/mol. The van der Waals surface area contributed by atoms with Crippen LogP contribution in [0.5, 0.6) is 0 Å². The third-order valence-electron chi connectivity index (χ3n) is 5.67. The first-order valence-electron chi connectivity index (χ1n) is 11.4. The topological polar surface area (TPSA) is 94.2 Å². The Bertz CT molecular complexity index is 786. The van der Waals surface area contributed by atoms with Gasteiger partial charge >= 0.3 is 0 Å². The minimum atomic E-state index is -0.193. The van der Waals surface area contributed by atoms with Crippen LogP contribution in [0.15, 0.2) is 24.3 Å². The lowest BCUT2D eigenvalue weighted by Gasteiger charge is -2.36. The Hall–Kier alpha value is -2.49. The van der Waals surface area contributed by atoms with E-state index >= 15 is 0 Å². The number of anilines is 1. The van der Waals surface area contributed by atoms with Crippen molar-refractivity contribution in [1.82, 2.24) is 20.0 Å². The summed E-state index contributed by atoms with van der Waals surface area (Å²) in [5, 5.41) is 5.76. The van der Waals surface area contributed by atoms with Gasteiger partial charge in [0.25, 0.3) is 5.91 Å². The molecule has 0 aromatic heterocycles. The van der Waals surface area contributed by atoms with E-state index in [0.717, 1.165) is 13.1 Å². The molecule has 2 N–H and O–H groups in total. The number of nitrogens with one attached hydrogen (secondary N) is 2. The van der Waals surface area contributed by atoms with Gasteiger partial charge in [0.15, 0.2) is 0 Å². The van der Waals surface area contributed by atoms with Gasteiger partial charge in [0.2, 0.25) is 11.8 Å². The smallest absolute Gasteiger partial charge is 0.253 e. The average molecular weight is 446 g/mol. The summed E-state index contributed by atoms with van der Waals surface area (Å²) in [6.45, 7) is 10.8. The number of morpholine rings is 1. The monoisotopic (exact) mass is 445 g/mol. The van der Waals surface area contributed by atoms with Crippen molar-refractivity contribution in [2.24, 2.45) is 5.92 Å². The fourth-order valence-corrected chi connectivity index (χ4v) is 3.78. The highest BCUT2D eigenvalue weighted by Gasteiger charge is 2.24. The van der Waals surface area contributed by atoms with Gasteiger partial charge < -0.3 is 20.3 Å². The summed E-state index contributed by atoms with van der Waals surface area (Å²) < 4.78 is 5.33. The van der Waals surface area contributed by atoms with Crippen LogP contribution >= 0.6 is 0 Å². The molecular formula is C23H35N5O4. The molecule has 32 heavy (non-hydrogen) atoms. The highest BCUT2D eigenvalue weighted by atomic mass is 16.5. The van der Waals surface area contributed by atoms with E-state index in [1.165, 1.54) is 0 Å². The Morgan fingerprint density at radius 3 is 2.28 bits per heavy atom. The zero-order valence-electron chi connectivity index (χ0n) is 19.1. The van der Waals surface area contributed by atoms with Crippen LogP contribution in [0.4, 0.5) is 5.69 Å². The van der Waals surface area contributed by atoms with Crippen LogP contribution in [0, 0.1) is 5.92 Å². The first kappa shape index (κ1) is 24.2. The second kappa shape index (κ2) is 11.9. The zero-order valence-corrected chi connectivity index (χ0v) is 19.1. The molecule has 2 saturated heterocycles. The lowest BCUT2D eigenvalue weighted by atomic mass is 10.1. The second-order valence-corrected chi connectivity index (χ2v) is 8.74. The van der Waals surface area contributed by atoms with Gasteiger partial charge in [-0.2, -0.15) is 0 Å². The van der Waals surface area contributed by atoms with Gasteiger partial charge in [-0.05, 0) is 18.1 Å². The summed E-state index contributed by atoms with van der Waals surface area (Å²) in [6, 6.07) is 7.04. The summed E-state index contributed by atoms with van der Waals surface area (Å²) in [5.74, 6) is 0.127. The van der Waals surface area contributed by atoms with Crippen LogP contribution in [-0.2, 0) is 14.3 Å². The third-order valence-corrected chi connectivity index (χ3v) is 5.67. The van der Waals surface area contributed by atoms with Crippen molar-refractivity contribution in [3.63, 3.8) is 0 Å². The molecule has 0 saturated carbocycles. The van der Waals surface area contributed by atoms with Crippen molar-refractivity contribution >= 4 is 23.4 Å². The maximum absolute atomic E-state index is 12.6. The first-order valence-corrected chi connectivity index (χ1v) is 11.4. The fraction of sp³-hybridized carbons (Fsp3) is 0.609. The van der Waals surface area contributed by atoms with Crippen molar-refractivity contribution in [1.29, 1.82) is 0 Å². The largest absolute Gasteiger partial charge is 0.379 e. The number of carbonyl (C=O) groups is 3. The molecule has 2 heterocycles. The van der Waals surface area contributed by atoms with E-state index in [2.05, 4.69) is 15.5 Å². The second-order valence-electron chi connectivity index (χ2n) is 8.74. The lowest BCUT2D eigenvalue weighted by molar-refractivity contribution is -0.135. The Labute approximate surface area is 190 Å². The van der Waals surface area contributed by atoms with Crippen molar-refractivity contribution in [2.75, 3.05) is 77.4 Å². The van der Waals surface area contributed by atoms with Crippen LogP contribution < -0.4 is 10.6 Å². The SMILES string of the molecule is CC(C)CNC(=O)c1ccccc1NC(=O)CN1CCN(C(=O)CN2CCOCC2)CC1. The van der Waals surface area contributed by atoms with Gasteiger partial charge in [-0.3, -0.25) is 24.2 Å². The summed E-state index contributed by atoms with van der Waals surface area (Å²) in [6.07, 6.45) is 0. The molecule has 0 radical (unpaired) electrons. The van der Waals surface area contributed by atoms with Crippen LogP contribution in [0.2, 0.25) is 0 Å². The standard InChI is InChI=1S/C23H35N5O4/c1-18(2)15-24-23(31)19-5-3-4-6-20(19)25-21(29)16-26-7-9-28(10-8-26)22(30)17-27-11-13-32-14-12-27/h3-6,18H,7-17H2,1-2H3,(H,24,31)(H,25,29). The highest BCUT2D eigenvalue weighted by Crippen LogP contribution is 2.15. The average Bonchev–Trinajstić information content (AvgIpc) is 2.79. The van der Waals surface area contributed by atoms with Gasteiger partial charge in [-0.15, -0.1) is 0 Å². The van der Waals surface area contributed by atoms with E-state index in [1.54, 1.807) is 24.3 Å². The summed E-state index contributed by atoms with van der Waals surface area (Å²) >= 11 is 0. The zero-order chi connectivity index (χ0) is 22.9. The third kappa shape index (κ3) is 7.29. The Kier molecular flexibility index (Phi) is 9.01. The maximum atomic E-state index is 12.6. The van der Waals surface area contributed by atoms with Gasteiger partial charge in [0.05, 0.1) is 37.6 Å². The first-order chi connectivity index (χ1) is 15.4. The predicted octanol–water partition coefficient (Wildman–Crippen LogP) is 0.487. The number of ether oxygens (including phenoxy) is 1. The number of piperazine rings is 1. The van der Waals surface area contributed by atoms with E-state index in [4.69, 9.17) is 4.74 Å². The summed E-state index contributed by atoms with van der Waals surface area (Å²) in [7, 11) is 0. The lowest BCUT2D eigenvalue weighted by Crippen LogP contribution is -2.53. The van der Waals surface area contributed by atoms with E-state index in [9.17, 15) is 14.4 Å². The van der Waals surface area contributed by atoms with Gasteiger partial charge in [-0.25, -0.2) is 0 Å². The number of para-hydroxylation sites is 1. The molecule has 2 aliphatic heterocycles. The number of benzene rings is 1. The van der Waals surface area contributed by atoms with Crippen LogP contribution in [0.1, 0.15) is 24.2 Å². The Balaban J connectivity index is 1.44. The van der Waals surface area contributed by atoms with E-state index in [1.807, 2.05) is 23.6 Å². The number of hydrogen-bond acceptors (Lipinski definition) is 6. The molecule has 0 spiro atoms. The van der Waals surface area contributed by atoms with E-state index in [0.29, 0.717) is 69.7 Å². The molecule has 2 aliphatic rings. The normalized spacial score (nSPS) is 17.9. The van der Waals surface area contributed by atoms with Crippen LogP contribution in [-0.4, -0.2) is 105 Å². The minimum Gasteiger partial charge on any atom is -0.379 e. The number of rotatable bonds is 8. The van der Waals surface area contributed by atoms with Crippen molar-refractivity contribution in [3.8, 4) is 0 Å². The number of nitrogens with zero attached hydrogens (tertiary/aromatic N) is 3. The van der Waals surface area contributed by atoms with Crippen molar-refractivity contribution in [3.05, 3.63) is 29.8 Å². The van der Waals surface area contributed by atoms with Crippen molar-refractivity contribution < 1.29 is 19.1 Å². The van der Waals surface area contributed by atoms with Gasteiger partial charge in [0, 0.05) is 45.8 Å². The molecule has 0 bridgehead atoms. The number of hydrogen-bond donors (Lipinski definition) is 2. The molecule has 9 heteroatoms. The Morgan fingerprint density at radius 1 is 0.938 bits per heavy atom. The van der Waals surface area contributed by atoms with Gasteiger partial charge in [0.1, 0.15) is 0 Å². The van der Waals surface area contributed by atoms with Crippen molar-refractivity contribution in [2.45, 2.75) is 13.8 Å². The van der Waals surface area contributed by atoms with Crippen LogP contribution in [0.3, 0.4) is 0 Å². The molecule has 0 atom stereocenters. The summed E-state index contributed by atoms with van der Waals surface area (Å²) in [5.41, 5.74) is 0.970. The minimum absolute atomic E-state index is 0.136. The summed E-state index contributed by atoms with van der Waals surface area (Å²) in [4.78, 5) is 43.7. The molecule has 9 nitrogen and oxygen atoms in total. The molecule has 176 valence electrons. The molecule has 0 unspecified atom stereocenters. The molecule has 1 aromatic rings. The van der Waals surface area contributed by atoms with E-state index < -0.39 is 0 Å². The quantitative estimate of drug-likeness (QED) is 0.605. The maximum Gasteiger partial charge on any atom is 0.253 e. The molecule has 1 aromatic carbocycles. The highest BCUT2D eigenvalue weighted by molar-refractivity contribution is 6.04.